The van der Waals surface area contributed by atoms with Crippen LogP contribution in [0.15, 0.2) is 20.6 Å². The minimum Gasteiger partial charge on any atom is -0.301 e. The minimum absolute atomic E-state index is 0.112. The molecule has 5 nitrogen and oxygen atoms in total. The molecule has 3 rings (SSSR count). The zero-order valence-electron chi connectivity index (χ0n) is 11.3. The first-order valence-electron chi connectivity index (χ1n) is 6.21. The molecule has 1 N–H and O–H groups in total. The fraction of sp³-hybridized carbons (Fsp3) is 0.308. The Hall–Kier alpha value is -1.34. The third-order valence-electron chi connectivity index (χ3n) is 3.17. The highest BCUT2D eigenvalue weighted by molar-refractivity contribution is 9.10. The summed E-state index contributed by atoms with van der Waals surface area (Å²) in [6, 6.07) is 0. The van der Waals surface area contributed by atoms with Crippen LogP contribution in [0.2, 0.25) is 0 Å². The van der Waals surface area contributed by atoms with Gasteiger partial charge in [0.05, 0.1) is 15.4 Å². The summed E-state index contributed by atoms with van der Waals surface area (Å²) >= 11 is 5.10. The standard InChI is InChI=1S/C13H13BrN4OS/c1-4-20-13-15-10-6(2)9(14)11-7(5-18(3)17-11)8(10)12(19)16-13/h5H,4H2,1-3H3,(H,15,16,19). The van der Waals surface area contributed by atoms with E-state index in [-0.39, 0.29) is 5.56 Å². The summed E-state index contributed by atoms with van der Waals surface area (Å²) in [5, 5.41) is 6.49. The van der Waals surface area contributed by atoms with Gasteiger partial charge in [-0.15, -0.1) is 0 Å². The fourth-order valence-electron chi connectivity index (χ4n) is 2.29. The van der Waals surface area contributed by atoms with Gasteiger partial charge in [0, 0.05) is 18.6 Å². The number of aryl methyl sites for hydroxylation is 2. The zero-order valence-corrected chi connectivity index (χ0v) is 13.7. The highest BCUT2D eigenvalue weighted by atomic mass is 79.9. The Kier molecular flexibility index (Phi) is 3.33. The van der Waals surface area contributed by atoms with E-state index in [1.807, 2.05) is 27.1 Å². The first kappa shape index (κ1) is 13.6. The Morgan fingerprint density at radius 3 is 2.90 bits per heavy atom. The second-order valence-electron chi connectivity index (χ2n) is 4.53. The van der Waals surface area contributed by atoms with Crippen molar-refractivity contribution in [1.29, 1.82) is 0 Å². The fourth-order valence-corrected chi connectivity index (χ4v) is 3.37. The largest absolute Gasteiger partial charge is 0.301 e. The molecule has 0 saturated heterocycles. The van der Waals surface area contributed by atoms with Gasteiger partial charge >= 0.3 is 0 Å². The zero-order chi connectivity index (χ0) is 14.4. The van der Waals surface area contributed by atoms with Crippen molar-refractivity contribution in [1.82, 2.24) is 19.7 Å². The van der Waals surface area contributed by atoms with Crippen LogP contribution in [0, 0.1) is 6.92 Å². The van der Waals surface area contributed by atoms with Crippen molar-refractivity contribution in [3.05, 3.63) is 26.6 Å². The van der Waals surface area contributed by atoms with Crippen molar-refractivity contribution in [2.45, 2.75) is 19.0 Å². The van der Waals surface area contributed by atoms with Gasteiger partial charge in [-0.1, -0.05) is 18.7 Å². The summed E-state index contributed by atoms with van der Waals surface area (Å²) in [6.07, 6.45) is 1.85. The van der Waals surface area contributed by atoms with E-state index in [9.17, 15) is 4.79 Å². The molecule has 0 saturated carbocycles. The van der Waals surface area contributed by atoms with Gasteiger partial charge in [0.15, 0.2) is 5.16 Å². The lowest BCUT2D eigenvalue weighted by atomic mass is 10.1. The van der Waals surface area contributed by atoms with Crippen LogP contribution in [0.4, 0.5) is 0 Å². The van der Waals surface area contributed by atoms with Crippen molar-refractivity contribution in [2.75, 3.05) is 5.75 Å². The number of benzene rings is 1. The van der Waals surface area contributed by atoms with Gasteiger partial charge in [0.1, 0.15) is 5.52 Å². The molecule has 0 spiro atoms. The smallest absolute Gasteiger partial charge is 0.260 e. The Bertz CT molecular complexity index is 884. The molecule has 2 aromatic heterocycles. The summed E-state index contributed by atoms with van der Waals surface area (Å²) in [6.45, 7) is 3.98. The Balaban J connectivity index is 2.53. The first-order valence-corrected chi connectivity index (χ1v) is 7.99. The summed E-state index contributed by atoms with van der Waals surface area (Å²) in [4.78, 5) is 19.8. The van der Waals surface area contributed by atoms with Crippen LogP contribution < -0.4 is 5.56 Å². The lowest BCUT2D eigenvalue weighted by molar-refractivity contribution is 0.779. The van der Waals surface area contributed by atoms with E-state index >= 15 is 0 Å². The summed E-state index contributed by atoms with van der Waals surface area (Å²) in [7, 11) is 1.84. The first-order chi connectivity index (χ1) is 9.52. The molecular weight excluding hydrogens is 340 g/mol. The number of fused-ring (bicyclic) bond motifs is 3. The van der Waals surface area contributed by atoms with E-state index in [0.717, 1.165) is 32.2 Å². The maximum absolute atomic E-state index is 12.4. The van der Waals surface area contributed by atoms with Crippen molar-refractivity contribution in [2.24, 2.45) is 7.05 Å². The third-order valence-corrected chi connectivity index (χ3v) is 4.89. The van der Waals surface area contributed by atoms with Gasteiger partial charge in [-0.25, -0.2) is 4.98 Å². The predicted octanol–water partition coefficient (Wildman–Crippen LogP) is 2.99. The number of halogens is 1. The molecule has 0 aliphatic carbocycles. The van der Waals surface area contributed by atoms with Crippen LogP contribution in [-0.4, -0.2) is 25.5 Å². The second kappa shape index (κ2) is 4.89. The van der Waals surface area contributed by atoms with Crippen LogP contribution >= 0.6 is 27.7 Å². The van der Waals surface area contributed by atoms with Crippen molar-refractivity contribution in [3.63, 3.8) is 0 Å². The molecule has 0 aliphatic heterocycles. The molecule has 0 aliphatic rings. The molecular formula is C13H13BrN4OS. The van der Waals surface area contributed by atoms with Gasteiger partial charge < -0.3 is 4.98 Å². The van der Waals surface area contributed by atoms with E-state index in [2.05, 4.69) is 31.0 Å². The summed E-state index contributed by atoms with van der Waals surface area (Å²) < 4.78 is 2.61. The highest BCUT2D eigenvalue weighted by Crippen LogP contribution is 2.33. The Labute approximate surface area is 127 Å². The van der Waals surface area contributed by atoms with Crippen LogP contribution in [-0.2, 0) is 7.05 Å². The molecule has 0 radical (unpaired) electrons. The average molecular weight is 353 g/mol. The SMILES string of the molecule is CCSc1nc2c(C)c(Br)c3nn(C)cc3c2c(=O)[nH]1. The van der Waals surface area contributed by atoms with Crippen LogP contribution in [0.5, 0.6) is 0 Å². The molecule has 0 bridgehead atoms. The van der Waals surface area contributed by atoms with Crippen LogP contribution in [0.25, 0.3) is 21.8 Å². The van der Waals surface area contributed by atoms with Gasteiger partial charge in [0.25, 0.3) is 5.56 Å². The van der Waals surface area contributed by atoms with Crippen LogP contribution in [0.1, 0.15) is 12.5 Å². The van der Waals surface area contributed by atoms with E-state index in [0.29, 0.717) is 10.5 Å². The number of aromatic amines is 1. The Morgan fingerprint density at radius 1 is 1.45 bits per heavy atom. The molecule has 1 aromatic carbocycles. The average Bonchev–Trinajstić information content (AvgIpc) is 2.77. The number of hydrogen-bond acceptors (Lipinski definition) is 4. The number of rotatable bonds is 2. The second-order valence-corrected chi connectivity index (χ2v) is 6.58. The van der Waals surface area contributed by atoms with Gasteiger partial charge in [-0.05, 0) is 34.2 Å². The molecule has 3 aromatic rings. The van der Waals surface area contributed by atoms with Gasteiger partial charge in [-0.3, -0.25) is 9.48 Å². The molecule has 20 heavy (non-hydrogen) atoms. The van der Waals surface area contributed by atoms with Crippen molar-refractivity contribution in [3.8, 4) is 0 Å². The van der Waals surface area contributed by atoms with Gasteiger partial charge in [-0.2, -0.15) is 5.10 Å². The lowest BCUT2D eigenvalue weighted by Gasteiger charge is -2.07. The number of aromatic nitrogens is 4. The third kappa shape index (κ3) is 1.96. The summed E-state index contributed by atoms with van der Waals surface area (Å²) in [5.74, 6) is 0.865. The van der Waals surface area contributed by atoms with E-state index in [1.165, 1.54) is 11.8 Å². The van der Waals surface area contributed by atoms with Crippen molar-refractivity contribution < 1.29 is 0 Å². The number of nitrogens with one attached hydrogen (secondary N) is 1. The number of H-pyrrole nitrogens is 1. The topological polar surface area (TPSA) is 63.6 Å². The maximum Gasteiger partial charge on any atom is 0.260 e. The molecule has 0 amide bonds. The normalized spacial score (nSPS) is 11.6. The molecule has 0 unspecified atom stereocenters. The van der Waals surface area contributed by atoms with E-state index < -0.39 is 0 Å². The maximum atomic E-state index is 12.4. The number of hydrogen-bond donors (Lipinski definition) is 1. The molecule has 0 atom stereocenters. The quantitative estimate of drug-likeness (QED) is 0.568. The predicted molar refractivity (Wildman–Crippen MR) is 85.5 cm³/mol. The molecule has 7 heteroatoms. The molecule has 104 valence electrons. The van der Waals surface area contributed by atoms with E-state index in [1.54, 1.807) is 4.68 Å². The Morgan fingerprint density at radius 2 is 2.20 bits per heavy atom. The summed E-state index contributed by atoms with van der Waals surface area (Å²) in [5.41, 5.74) is 2.35. The molecule has 2 heterocycles. The number of thioether (sulfide) groups is 1. The van der Waals surface area contributed by atoms with E-state index in [4.69, 9.17) is 0 Å². The number of nitrogens with zero attached hydrogens (tertiary/aromatic N) is 3. The highest BCUT2D eigenvalue weighted by Gasteiger charge is 2.17. The van der Waals surface area contributed by atoms with Crippen LogP contribution in [0.3, 0.4) is 0 Å². The lowest BCUT2D eigenvalue weighted by Crippen LogP contribution is -2.10. The van der Waals surface area contributed by atoms with Crippen molar-refractivity contribution >= 4 is 49.5 Å². The monoisotopic (exact) mass is 352 g/mol. The van der Waals surface area contributed by atoms with Gasteiger partial charge in [0.2, 0.25) is 0 Å². The minimum atomic E-state index is -0.112. The molecule has 0 fully saturated rings.